The lowest BCUT2D eigenvalue weighted by atomic mass is 9.90. The second-order valence-corrected chi connectivity index (χ2v) is 6.66. The molecule has 0 aliphatic carbocycles. The summed E-state index contributed by atoms with van der Waals surface area (Å²) in [5.41, 5.74) is 0. The Hall–Kier alpha value is -1.73. The summed E-state index contributed by atoms with van der Waals surface area (Å²) < 4.78 is 7.14. The van der Waals surface area contributed by atoms with Gasteiger partial charge < -0.3 is 14.2 Å². The van der Waals surface area contributed by atoms with Gasteiger partial charge in [-0.1, -0.05) is 19.0 Å². The van der Waals surface area contributed by atoms with Crippen molar-refractivity contribution >= 4 is 0 Å². The van der Waals surface area contributed by atoms with Crippen molar-refractivity contribution in [3.8, 4) is 0 Å². The number of hydrogen-bond acceptors (Lipinski definition) is 6. The van der Waals surface area contributed by atoms with E-state index in [1.165, 1.54) is 0 Å². The highest BCUT2D eigenvalue weighted by atomic mass is 16.5. The lowest BCUT2D eigenvalue weighted by Gasteiger charge is -2.33. The molecular weight excluding hydrogens is 294 g/mol. The SMILES string of the molecule is CC(C)c1nc(CN2CCC(C(O)c3nccn3C)CC2)no1. The van der Waals surface area contributed by atoms with Crippen molar-refractivity contribution in [2.75, 3.05) is 13.1 Å². The zero-order valence-electron chi connectivity index (χ0n) is 14.0. The average molecular weight is 319 g/mol. The molecule has 126 valence electrons. The van der Waals surface area contributed by atoms with Gasteiger partial charge in [-0.2, -0.15) is 4.98 Å². The maximum Gasteiger partial charge on any atom is 0.229 e. The molecule has 0 spiro atoms. The molecule has 1 fully saturated rings. The van der Waals surface area contributed by atoms with Crippen LogP contribution in [0.2, 0.25) is 0 Å². The van der Waals surface area contributed by atoms with Crippen molar-refractivity contribution < 1.29 is 9.63 Å². The Bertz CT molecular complexity index is 628. The van der Waals surface area contributed by atoms with Crippen LogP contribution in [-0.4, -0.2) is 42.8 Å². The van der Waals surface area contributed by atoms with E-state index < -0.39 is 6.10 Å². The molecule has 1 N–H and O–H groups in total. The van der Waals surface area contributed by atoms with Gasteiger partial charge in [0.2, 0.25) is 5.89 Å². The van der Waals surface area contributed by atoms with Crippen molar-refractivity contribution in [2.45, 2.75) is 45.3 Å². The van der Waals surface area contributed by atoms with E-state index in [1.807, 2.05) is 31.7 Å². The van der Waals surface area contributed by atoms with Gasteiger partial charge in [-0.25, -0.2) is 4.98 Å². The van der Waals surface area contributed by atoms with E-state index in [-0.39, 0.29) is 11.8 Å². The van der Waals surface area contributed by atoms with Crippen LogP contribution in [-0.2, 0) is 13.6 Å². The summed E-state index contributed by atoms with van der Waals surface area (Å²) in [4.78, 5) is 11.0. The van der Waals surface area contributed by atoms with Crippen LogP contribution in [0.15, 0.2) is 16.9 Å². The molecule has 7 nitrogen and oxygen atoms in total. The quantitative estimate of drug-likeness (QED) is 0.906. The Labute approximate surface area is 136 Å². The van der Waals surface area contributed by atoms with E-state index in [4.69, 9.17) is 4.52 Å². The van der Waals surface area contributed by atoms with Crippen molar-refractivity contribution in [1.82, 2.24) is 24.6 Å². The van der Waals surface area contributed by atoms with Gasteiger partial charge in [0, 0.05) is 25.4 Å². The number of likely N-dealkylation sites (tertiary alicyclic amines) is 1. The summed E-state index contributed by atoms with van der Waals surface area (Å²) in [7, 11) is 1.92. The van der Waals surface area contributed by atoms with Crippen LogP contribution in [0.25, 0.3) is 0 Å². The number of hydrogen-bond donors (Lipinski definition) is 1. The van der Waals surface area contributed by atoms with Gasteiger partial charge in [0.1, 0.15) is 11.9 Å². The van der Waals surface area contributed by atoms with Gasteiger partial charge in [-0.15, -0.1) is 0 Å². The molecule has 3 heterocycles. The minimum absolute atomic E-state index is 0.254. The van der Waals surface area contributed by atoms with Crippen LogP contribution in [0.3, 0.4) is 0 Å². The average Bonchev–Trinajstić information content (AvgIpc) is 3.16. The molecular formula is C16H25N5O2. The Balaban J connectivity index is 1.53. The summed E-state index contributed by atoms with van der Waals surface area (Å²) >= 11 is 0. The summed E-state index contributed by atoms with van der Waals surface area (Å²) in [6.07, 6.45) is 5.01. The highest BCUT2D eigenvalue weighted by molar-refractivity contribution is 4.99. The normalized spacial score (nSPS) is 18.7. The Morgan fingerprint density at radius 2 is 2.09 bits per heavy atom. The number of aromatic nitrogens is 4. The number of aryl methyl sites for hydroxylation is 1. The minimum Gasteiger partial charge on any atom is -0.385 e. The molecule has 1 atom stereocenters. The molecule has 0 aromatic carbocycles. The molecule has 1 aliphatic heterocycles. The number of rotatable bonds is 5. The van der Waals surface area contributed by atoms with Gasteiger partial charge in [-0.3, -0.25) is 4.90 Å². The monoisotopic (exact) mass is 319 g/mol. The summed E-state index contributed by atoms with van der Waals surface area (Å²) in [5.74, 6) is 2.71. The number of aliphatic hydroxyl groups is 1. The lowest BCUT2D eigenvalue weighted by molar-refractivity contribution is 0.0484. The predicted octanol–water partition coefficient (Wildman–Crippen LogP) is 1.87. The topological polar surface area (TPSA) is 80.2 Å². The second kappa shape index (κ2) is 6.80. The van der Waals surface area contributed by atoms with Gasteiger partial charge in [-0.05, 0) is 31.8 Å². The number of nitrogens with zero attached hydrogens (tertiary/aromatic N) is 5. The number of imidazole rings is 1. The molecule has 3 rings (SSSR count). The van der Waals surface area contributed by atoms with Crippen LogP contribution in [0.5, 0.6) is 0 Å². The molecule has 2 aromatic heterocycles. The van der Waals surface area contributed by atoms with Crippen molar-refractivity contribution in [1.29, 1.82) is 0 Å². The fraction of sp³-hybridized carbons (Fsp3) is 0.688. The van der Waals surface area contributed by atoms with Gasteiger partial charge >= 0.3 is 0 Å². The molecule has 2 aromatic rings. The Kier molecular flexibility index (Phi) is 4.77. The molecule has 23 heavy (non-hydrogen) atoms. The van der Waals surface area contributed by atoms with E-state index in [0.717, 1.165) is 37.6 Å². The van der Waals surface area contributed by atoms with Gasteiger partial charge in [0.15, 0.2) is 5.82 Å². The first-order chi connectivity index (χ1) is 11.0. The highest BCUT2D eigenvalue weighted by Crippen LogP contribution is 2.30. The van der Waals surface area contributed by atoms with E-state index in [1.54, 1.807) is 6.20 Å². The lowest BCUT2D eigenvalue weighted by Crippen LogP contribution is -2.35. The molecule has 1 saturated heterocycles. The third kappa shape index (κ3) is 3.61. The van der Waals surface area contributed by atoms with Crippen molar-refractivity contribution in [3.05, 3.63) is 29.9 Å². The van der Waals surface area contributed by atoms with E-state index in [2.05, 4.69) is 20.0 Å². The first-order valence-electron chi connectivity index (χ1n) is 8.24. The van der Waals surface area contributed by atoms with Crippen LogP contribution in [0, 0.1) is 5.92 Å². The third-order valence-corrected chi connectivity index (χ3v) is 4.54. The summed E-state index contributed by atoms with van der Waals surface area (Å²) in [6, 6.07) is 0. The molecule has 0 saturated carbocycles. The molecule has 1 unspecified atom stereocenters. The maximum atomic E-state index is 10.5. The number of piperidine rings is 1. The maximum absolute atomic E-state index is 10.5. The zero-order chi connectivity index (χ0) is 16.4. The third-order valence-electron chi connectivity index (χ3n) is 4.54. The molecule has 0 amide bonds. The van der Waals surface area contributed by atoms with Crippen LogP contribution in [0.1, 0.15) is 56.3 Å². The van der Waals surface area contributed by atoms with Crippen LogP contribution in [0.4, 0.5) is 0 Å². The van der Waals surface area contributed by atoms with E-state index in [0.29, 0.717) is 12.4 Å². The van der Waals surface area contributed by atoms with E-state index >= 15 is 0 Å². The smallest absolute Gasteiger partial charge is 0.229 e. The van der Waals surface area contributed by atoms with Crippen molar-refractivity contribution in [3.63, 3.8) is 0 Å². The first-order valence-corrected chi connectivity index (χ1v) is 8.24. The molecule has 0 bridgehead atoms. The van der Waals surface area contributed by atoms with Gasteiger partial charge in [0.05, 0.1) is 6.54 Å². The van der Waals surface area contributed by atoms with Crippen molar-refractivity contribution in [2.24, 2.45) is 13.0 Å². The predicted molar refractivity (Wildman–Crippen MR) is 84.6 cm³/mol. The number of aliphatic hydroxyl groups excluding tert-OH is 1. The summed E-state index contributed by atoms with van der Waals surface area (Å²) in [5, 5.41) is 14.6. The zero-order valence-corrected chi connectivity index (χ0v) is 14.0. The second-order valence-electron chi connectivity index (χ2n) is 6.66. The highest BCUT2D eigenvalue weighted by Gasteiger charge is 2.28. The molecule has 1 aliphatic rings. The molecule has 7 heteroatoms. The van der Waals surface area contributed by atoms with Crippen LogP contribution < -0.4 is 0 Å². The Morgan fingerprint density at radius 3 is 2.65 bits per heavy atom. The Morgan fingerprint density at radius 1 is 1.35 bits per heavy atom. The fourth-order valence-electron chi connectivity index (χ4n) is 3.07. The minimum atomic E-state index is -0.491. The standard InChI is InChI=1S/C16H25N5O2/c1-11(2)16-18-13(19-23-16)10-21-7-4-12(5-8-21)14(22)15-17-6-9-20(15)3/h6,9,11-12,14,22H,4-5,7-8,10H2,1-3H3. The first kappa shape index (κ1) is 16.1. The summed E-state index contributed by atoms with van der Waals surface area (Å²) in [6.45, 7) is 6.65. The largest absolute Gasteiger partial charge is 0.385 e. The fourth-order valence-corrected chi connectivity index (χ4v) is 3.07. The molecule has 0 radical (unpaired) electrons. The van der Waals surface area contributed by atoms with Gasteiger partial charge in [0.25, 0.3) is 0 Å². The van der Waals surface area contributed by atoms with Crippen LogP contribution >= 0.6 is 0 Å². The van der Waals surface area contributed by atoms with E-state index in [9.17, 15) is 5.11 Å².